The average Bonchev–Trinajstić information content (AvgIpc) is 2.75. The molecule has 0 amide bonds. The van der Waals surface area contributed by atoms with E-state index >= 15 is 0 Å². The van der Waals surface area contributed by atoms with Gasteiger partial charge < -0.3 is 10.5 Å². The van der Waals surface area contributed by atoms with Gasteiger partial charge in [-0.05, 0) is 46.3 Å². The normalized spacial score (nSPS) is 19.8. The first-order valence-electron chi connectivity index (χ1n) is 6.26. The van der Waals surface area contributed by atoms with Crippen LogP contribution in [0.2, 0.25) is 5.02 Å². The van der Waals surface area contributed by atoms with Gasteiger partial charge >= 0.3 is 0 Å². The van der Waals surface area contributed by atoms with Crippen LogP contribution in [0.25, 0.3) is 0 Å². The van der Waals surface area contributed by atoms with Crippen LogP contribution in [0.1, 0.15) is 44.2 Å². The van der Waals surface area contributed by atoms with Crippen LogP contribution >= 0.6 is 27.5 Å². The lowest BCUT2D eigenvalue weighted by molar-refractivity contribution is 0.259. The van der Waals surface area contributed by atoms with E-state index in [0.717, 1.165) is 15.8 Å². The fourth-order valence-electron chi connectivity index (χ4n) is 2.90. The molecule has 4 heteroatoms. The lowest BCUT2D eigenvalue weighted by Gasteiger charge is -2.32. The van der Waals surface area contributed by atoms with Crippen LogP contribution in [-0.4, -0.2) is 7.11 Å². The number of ether oxygens (including phenoxy) is 1. The third-order valence-electron chi connectivity index (χ3n) is 4.07. The molecule has 100 valence electrons. The van der Waals surface area contributed by atoms with E-state index < -0.39 is 0 Å². The summed E-state index contributed by atoms with van der Waals surface area (Å²) >= 11 is 9.62. The Morgan fingerprint density at radius 1 is 1.39 bits per heavy atom. The highest BCUT2D eigenvalue weighted by atomic mass is 79.9. The van der Waals surface area contributed by atoms with E-state index in [-0.39, 0.29) is 11.5 Å². The molecule has 0 heterocycles. The maximum Gasteiger partial charge on any atom is 0.137 e. The highest BCUT2D eigenvalue weighted by Gasteiger charge is 2.37. The van der Waals surface area contributed by atoms with Gasteiger partial charge in [0, 0.05) is 16.6 Å². The van der Waals surface area contributed by atoms with Crippen molar-refractivity contribution in [3.05, 3.63) is 27.2 Å². The van der Waals surface area contributed by atoms with Gasteiger partial charge in [-0.2, -0.15) is 0 Å². The van der Waals surface area contributed by atoms with Gasteiger partial charge in [-0.1, -0.05) is 31.4 Å². The zero-order chi connectivity index (χ0) is 13.3. The Balaban J connectivity index is 2.43. The molecule has 2 N–H and O–H groups in total. The number of benzene rings is 1. The topological polar surface area (TPSA) is 35.2 Å². The van der Waals surface area contributed by atoms with E-state index in [1.165, 1.54) is 25.7 Å². The Labute approximate surface area is 122 Å². The lowest BCUT2D eigenvalue weighted by atomic mass is 9.77. The molecule has 18 heavy (non-hydrogen) atoms. The van der Waals surface area contributed by atoms with Crippen LogP contribution in [0.4, 0.5) is 0 Å². The standard InChI is InChI=1S/C14H19BrClNO/c1-14(5-3-4-6-14)13(17)10-7-9(16)8-11(15)12(10)18-2/h7-8,13H,3-6,17H2,1-2H3. The molecule has 0 aromatic heterocycles. The van der Waals surface area contributed by atoms with Crippen LogP contribution in [0.15, 0.2) is 16.6 Å². The molecular formula is C14H19BrClNO. The average molecular weight is 333 g/mol. The van der Waals surface area contributed by atoms with E-state index in [2.05, 4.69) is 22.9 Å². The Morgan fingerprint density at radius 3 is 2.56 bits per heavy atom. The second-order valence-electron chi connectivity index (χ2n) is 5.35. The van der Waals surface area contributed by atoms with Crippen molar-refractivity contribution in [3.8, 4) is 5.75 Å². The molecule has 0 radical (unpaired) electrons. The second-order valence-corrected chi connectivity index (χ2v) is 6.64. The van der Waals surface area contributed by atoms with Crippen LogP contribution in [0.3, 0.4) is 0 Å². The monoisotopic (exact) mass is 331 g/mol. The minimum absolute atomic E-state index is 0.0371. The minimum Gasteiger partial charge on any atom is -0.495 e. The molecular weight excluding hydrogens is 314 g/mol. The number of nitrogens with two attached hydrogens (primary N) is 1. The third-order valence-corrected chi connectivity index (χ3v) is 4.88. The molecule has 1 aliphatic rings. The Bertz CT molecular complexity index is 444. The zero-order valence-corrected chi connectivity index (χ0v) is 13.1. The zero-order valence-electron chi connectivity index (χ0n) is 10.8. The van der Waals surface area contributed by atoms with Crippen molar-refractivity contribution in [1.82, 2.24) is 0 Å². The van der Waals surface area contributed by atoms with E-state index in [1.807, 2.05) is 12.1 Å². The fourth-order valence-corrected chi connectivity index (χ4v) is 3.89. The van der Waals surface area contributed by atoms with E-state index in [1.54, 1.807) is 7.11 Å². The van der Waals surface area contributed by atoms with Gasteiger partial charge in [0.1, 0.15) is 5.75 Å². The number of hydrogen-bond donors (Lipinski definition) is 1. The molecule has 1 fully saturated rings. The van der Waals surface area contributed by atoms with Crippen molar-refractivity contribution in [1.29, 1.82) is 0 Å². The van der Waals surface area contributed by atoms with E-state index in [4.69, 9.17) is 22.1 Å². The maximum atomic E-state index is 6.49. The summed E-state index contributed by atoms with van der Waals surface area (Å²) in [6, 6.07) is 3.73. The second kappa shape index (κ2) is 5.40. The molecule has 1 unspecified atom stereocenters. The summed E-state index contributed by atoms with van der Waals surface area (Å²) in [6.07, 6.45) is 4.85. The third kappa shape index (κ3) is 2.54. The number of rotatable bonds is 3. The van der Waals surface area contributed by atoms with Gasteiger partial charge in [-0.15, -0.1) is 0 Å². The first kappa shape index (κ1) is 14.2. The van der Waals surface area contributed by atoms with Gasteiger partial charge in [0.05, 0.1) is 11.6 Å². The van der Waals surface area contributed by atoms with Crippen molar-refractivity contribution in [2.24, 2.45) is 11.1 Å². The Kier molecular flexibility index (Phi) is 4.25. The molecule has 1 aromatic carbocycles. The molecule has 1 atom stereocenters. The quantitative estimate of drug-likeness (QED) is 0.871. The molecule has 1 aromatic rings. The molecule has 1 saturated carbocycles. The van der Waals surface area contributed by atoms with Crippen LogP contribution in [0, 0.1) is 5.41 Å². The van der Waals surface area contributed by atoms with Crippen molar-refractivity contribution in [2.45, 2.75) is 38.6 Å². The van der Waals surface area contributed by atoms with Gasteiger partial charge in [-0.25, -0.2) is 0 Å². The predicted octanol–water partition coefficient (Wildman–Crippen LogP) is 4.69. The number of methoxy groups -OCH3 is 1. The summed E-state index contributed by atoms with van der Waals surface area (Å²) in [4.78, 5) is 0. The summed E-state index contributed by atoms with van der Waals surface area (Å²) < 4.78 is 6.34. The fraction of sp³-hybridized carbons (Fsp3) is 0.571. The smallest absolute Gasteiger partial charge is 0.137 e. The summed E-state index contributed by atoms with van der Waals surface area (Å²) in [7, 11) is 1.67. The number of halogens is 2. The highest BCUT2D eigenvalue weighted by Crippen LogP contribution is 2.49. The molecule has 0 aliphatic heterocycles. The van der Waals surface area contributed by atoms with Crippen LogP contribution in [-0.2, 0) is 0 Å². The minimum atomic E-state index is -0.0371. The van der Waals surface area contributed by atoms with Crippen molar-refractivity contribution >= 4 is 27.5 Å². The van der Waals surface area contributed by atoms with Gasteiger partial charge in [-0.3, -0.25) is 0 Å². The van der Waals surface area contributed by atoms with Gasteiger partial charge in [0.25, 0.3) is 0 Å². The molecule has 1 aliphatic carbocycles. The summed E-state index contributed by atoms with van der Waals surface area (Å²) in [5, 5.41) is 0.690. The van der Waals surface area contributed by atoms with Crippen LogP contribution < -0.4 is 10.5 Å². The van der Waals surface area contributed by atoms with E-state index in [9.17, 15) is 0 Å². The van der Waals surface area contributed by atoms with Crippen molar-refractivity contribution < 1.29 is 4.74 Å². The summed E-state index contributed by atoms with van der Waals surface area (Å²) in [6.45, 7) is 2.26. The van der Waals surface area contributed by atoms with Crippen molar-refractivity contribution in [2.75, 3.05) is 7.11 Å². The highest BCUT2D eigenvalue weighted by molar-refractivity contribution is 9.10. The van der Waals surface area contributed by atoms with E-state index in [0.29, 0.717) is 5.02 Å². The van der Waals surface area contributed by atoms with Gasteiger partial charge in [0.15, 0.2) is 0 Å². The van der Waals surface area contributed by atoms with Gasteiger partial charge in [0.2, 0.25) is 0 Å². The predicted molar refractivity (Wildman–Crippen MR) is 79.2 cm³/mol. The SMILES string of the molecule is COc1c(Br)cc(Cl)cc1C(N)C1(C)CCCC1. The first-order chi connectivity index (χ1) is 8.48. The summed E-state index contributed by atoms with van der Waals surface area (Å²) in [5.74, 6) is 0.806. The Morgan fingerprint density at radius 2 is 2.00 bits per heavy atom. The molecule has 0 spiro atoms. The van der Waals surface area contributed by atoms with Crippen molar-refractivity contribution in [3.63, 3.8) is 0 Å². The molecule has 0 saturated heterocycles. The maximum absolute atomic E-state index is 6.49. The Hall–Kier alpha value is -0.250. The largest absolute Gasteiger partial charge is 0.495 e. The lowest BCUT2D eigenvalue weighted by Crippen LogP contribution is -2.29. The molecule has 0 bridgehead atoms. The number of hydrogen-bond acceptors (Lipinski definition) is 2. The van der Waals surface area contributed by atoms with Crippen LogP contribution in [0.5, 0.6) is 5.75 Å². The molecule has 2 rings (SSSR count). The first-order valence-corrected chi connectivity index (χ1v) is 7.43. The molecule has 2 nitrogen and oxygen atoms in total. The summed E-state index contributed by atoms with van der Waals surface area (Å²) in [5.41, 5.74) is 7.64.